The van der Waals surface area contributed by atoms with Crippen LogP contribution in [0.15, 0.2) is 194 Å². The van der Waals surface area contributed by atoms with Gasteiger partial charge in [0.15, 0.2) is 0 Å². The van der Waals surface area contributed by atoms with Gasteiger partial charge in [-0.3, -0.25) is 0 Å². The molecule has 9 aromatic carbocycles. The maximum absolute atomic E-state index is 2.35. The van der Waals surface area contributed by atoms with Gasteiger partial charge in [0.05, 0.1) is 0 Å². The Bertz CT molecular complexity index is 2510. The van der Waals surface area contributed by atoms with E-state index in [1.165, 1.54) is 88.0 Å². The summed E-state index contributed by atoms with van der Waals surface area (Å²) in [6.45, 7) is 0. The Morgan fingerprint density at radius 2 is 0.604 bits per heavy atom. The largest absolute Gasteiger partial charge is 0.0622 e. The average molecular weight is 609 g/mol. The number of hydrogen-bond acceptors (Lipinski definition) is 0. The normalized spacial score (nSPS) is 11.3. The van der Waals surface area contributed by atoms with E-state index in [2.05, 4.69) is 194 Å². The lowest BCUT2D eigenvalue weighted by molar-refractivity contribution is 1.58. The molecule has 0 saturated carbocycles. The molecule has 9 rings (SSSR count). The molecule has 224 valence electrons. The summed E-state index contributed by atoms with van der Waals surface area (Å²) in [5, 5.41) is 7.65. The van der Waals surface area contributed by atoms with E-state index in [0.717, 1.165) is 0 Å². The third-order valence-corrected chi connectivity index (χ3v) is 9.68. The lowest BCUT2D eigenvalue weighted by Gasteiger charge is -2.18. The van der Waals surface area contributed by atoms with E-state index in [-0.39, 0.29) is 0 Å². The molecule has 0 saturated heterocycles. The predicted octanol–water partition coefficient (Wildman–Crippen LogP) is 13.5. The third kappa shape index (κ3) is 4.87. The molecule has 0 bridgehead atoms. The smallest absolute Gasteiger partial charge is 0.00262 e. The molecule has 48 heavy (non-hydrogen) atoms. The molecular weight excluding hydrogens is 577 g/mol. The zero-order chi connectivity index (χ0) is 31.9. The van der Waals surface area contributed by atoms with Gasteiger partial charge in [0.25, 0.3) is 0 Å². The molecule has 0 fully saturated rings. The molecule has 0 heterocycles. The van der Waals surface area contributed by atoms with E-state index in [1.54, 1.807) is 0 Å². The zero-order valence-electron chi connectivity index (χ0n) is 26.5. The summed E-state index contributed by atoms with van der Waals surface area (Å²) in [6, 6.07) is 70.6. The maximum atomic E-state index is 2.35. The number of hydrogen-bond donors (Lipinski definition) is 0. The van der Waals surface area contributed by atoms with Crippen LogP contribution in [0, 0.1) is 0 Å². The van der Waals surface area contributed by atoms with Gasteiger partial charge in [-0.25, -0.2) is 0 Å². The van der Waals surface area contributed by atoms with Crippen LogP contribution in [0.5, 0.6) is 0 Å². The number of benzene rings is 9. The fraction of sp³-hybridized carbons (Fsp3) is 0. The van der Waals surface area contributed by atoms with Crippen molar-refractivity contribution in [3.05, 3.63) is 194 Å². The van der Waals surface area contributed by atoms with Crippen molar-refractivity contribution >= 4 is 32.3 Å². The molecule has 0 spiro atoms. The predicted molar refractivity (Wildman–Crippen MR) is 206 cm³/mol. The Balaban J connectivity index is 1.08. The Morgan fingerprint density at radius 3 is 1.21 bits per heavy atom. The topological polar surface area (TPSA) is 0 Å². The molecule has 0 aliphatic carbocycles. The average Bonchev–Trinajstić information content (AvgIpc) is 3.17. The van der Waals surface area contributed by atoms with Gasteiger partial charge in [-0.05, 0) is 94.0 Å². The summed E-state index contributed by atoms with van der Waals surface area (Å²) < 4.78 is 0. The van der Waals surface area contributed by atoms with E-state index in [9.17, 15) is 0 Å². The van der Waals surface area contributed by atoms with Gasteiger partial charge in [-0.2, -0.15) is 0 Å². The van der Waals surface area contributed by atoms with Crippen molar-refractivity contribution < 1.29 is 0 Å². The molecule has 0 N–H and O–H groups in total. The van der Waals surface area contributed by atoms with Gasteiger partial charge in [0, 0.05) is 0 Å². The highest BCUT2D eigenvalue weighted by Crippen LogP contribution is 2.44. The van der Waals surface area contributed by atoms with Gasteiger partial charge in [-0.1, -0.05) is 188 Å². The van der Waals surface area contributed by atoms with Crippen LogP contribution in [0.3, 0.4) is 0 Å². The molecule has 0 unspecified atom stereocenters. The second-order valence-electron chi connectivity index (χ2n) is 12.5. The van der Waals surface area contributed by atoms with Crippen LogP contribution < -0.4 is 0 Å². The molecule has 0 aliphatic heterocycles. The first-order chi connectivity index (χ1) is 23.8. The monoisotopic (exact) mass is 608 g/mol. The van der Waals surface area contributed by atoms with Crippen molar-refractivity contribution in [2.75, 3.05) is 0 Å². The minimum Gasteiger partial charge on any atom is -0.0622 e. The highest BCUT2D eigenvalue weighted by molar-refractivity contribution is 6.21. The molecule has 0 heteroatoms. The molecular formula is C48H32. The summed E-state index contributed by atoms with van der Waals surface area (Å²) in [7, 11) is 0. The molecule has 0 amide bonds. The van der Waals surface area contributed by atoms with Gasteiger partial charge >= 0.3 is 0 Å². The van der Waals surface area contributed by atoms with Crippen LogP contribution in [0.2, 0.25) is 0 Å². The first kappa shape index (κ1) is 28.0. The Labute approximate surface area is 281 Å². The van der Waals surface area contributed by atoms with Crippen molar-refractivity contribution in [2.24, 2.45) is 0 Å². The highest BCUT2D eigenvalue weighted by atomic mass is 14.2. The highest BCUT2D eigenvalue weighted by Gasteiger charge is 2.16. The van der Waals surface area contributed by atoms with Crippen LogP contribution in [0.4, 0.5) is 0 Å². The SMILES string of the molecule is c1ccc(-c2c3ccccc3c(-c3cccc(-c4ccc(-c5ccc(-c6cccc7ccccc67)cc5)cc4)c3)c3ccccc23)cc1. The van der Waals surface area contributed by atoms with Gasteiger partial charge in [0.1, 0.15) is 0 Å². The van der Waals surface area contributed by atoms with Crippen LogP contribution in [-0.4, -0.2) is 0 Å². The first-order valence-corrected chi connectivity index (χ1v) is 16.6. The summed E-state index contributed by atoms with van der Waals surface area (Å²) in [5.41, 5.74) is 12.4. The summed E-state index contributed by atoms with van der Waals surface area (Å²) >= 11 is 0. The van der Waals surface area contributed by atoms with Crippen LogP contribution >= 0.6 is 0 Å². The van der Waals surface area contributed by atoms with Gasteiger partial charge < -0.3 is 0 Å². The zero-order valence-corrected chi connectivity index (χ0v) is 26.5. The standard InChI is InChI=1S/C48H32/c1-2-13-38(14-3-1)47-43-19-6-8-21-45(43)48(46-22-9-7-20-44(46)47)40-17-10-16-39(32-40)35-26-24-33(25-27-35)34-28-30-37(31-29-34)42-23-11-15-36-12-4-5-18-41(36)42/h1-32H. The van der Waals surface area contributed by atoms with E-state index in [0.29, 0.717) is 0 Å². The Hall–Kier alpha value is -6.24. The molecule has 0 radical (unpaired) electrons. The van der Waals surface area contributed by atoms with E-state index < -0.39 is 0 Å². The Kier molecular flexibility index (Phi) is 6.91. The van der Waals surface area contributed by atoms with Crippen LogP contribution in [0.25, 0.3) is 88.0 Å². The molecule has 0 nitrogen and oxygen atoms in total. The van der Waals surface area contributed by atoms with Crippen molar-refractivity contribution in [1.29, 1.82) is 0 Å². The van der Waals surface area contributed by atoms with Crippen molar-refractivity contribution in [1.82, 2.24) is 0 Å². The van der Waals surface area contributed by atoms with E-state index >= 15 is 0 Å². The third-order valence-electron chi connectivity index (χ3n) is 9.68. The fourth-order valence-corrected chi connectivity index (χ4v) is 7.38. The minimum absolute atomic E-state index is 1.21. The molecule has 9 aromatic rings. The van der Waals surface area contributed by atoms with Crippen LogP contribution in [-0.2, 0) is 0 Å². The quantitative estimate of drug-likeness (QED) is 0.171. The number of rotatable bonds is 5. The van der Waals surface area contributed by atoms with Gasteiger partial charge in [0.2, 0.25) is 0 Å². The van der Waals surface area contributed by atoms with E-state index in [1.807, 2.05) is 0 Å². The first-order valence-electron chi connectivity index (χ1n) is 16.6. The second kappa shape index (κ2) is 11.8. The molecule has 0 aliphatic rings. The second-order valence-corrected chi connectivity index (χ2v) is 12.5. The molecule has 0 aromatic heterocycles. The summed E-state index contributed by atoms with van der Waals surface area (Å²) in [4.78, 5) is 0. The van der Waals surface area contributed by atoms with Gasteiger partial charge in [-0.15, -0.1) is 0 Å². The fourth-order valence-electron chi connectivity index (χ4n) is 7.38. The number of fused-ring (bicyclic) bond motifs is 3. The van der Waals surface area contributed by atoms with Crippen molar-refractivity contribution in [2.45, 2.75) is 0 Å². The lowest BCUT2D eigenvalue weighted by atomic mass is 9.85. The lowest BCUT2D eigenvalue weighted by Crippen LogP contribution is -1.91. The van der Waals surface area contributed by atoms with Crippen molar-refractivity contribution in [3.8, 4) is 55.6 Å². The summed E-state index contributed by atoms with van der Waals surface area (Å²) in [6.07, 6.45) is 0. The molecule has 0 atom stereocenters. The maximum Gasteiger partial charge on any atom is -0.00262 e. The van der Waals surface area contributed by atoms with Crippen molar-refractivity contribution in [3.63, 3.8) is 0 Å². The summed E-state index contributed by atoms with van der Waals surface area (Å²) in [5.74, 6) is 0. The minimum atomic E-state index is 1.21. The Morgan fingerprint density at radius 1 is 0.208 bits per heavy atom. The van der Waals surface area contributed by atoms with Crippen LogP contribution in [0.1, 0.15) is 0 Å². The van der Waals surface area contributed by atoms with E-state index in [4.69, 9.17) is 0 Å².